The number of halogens is 1. The van der Waals surface area contributed by atoms with Crippen molar-refractivity contribution in [2.45, 2.75) is 25.7 Å². The van der Waals surface area contributed by atoms with Gasteiger partial charge in [0.15, 0.2) is 11.6 Å². The average molecular weight is 515 g/mol. The van der Waals surface area contributed by atoms with Gasteiger partial charge in [-0.3, -0.25) is 9.59 Å². The van der Waals surface area contributed by atoms with E-state index in [9.17, 15) is 34.6 Å². The van der Waals surface area contributed by atoms with Crippen LogP contribution in [0.4, 0.5) is 15.8 Å². The molecule has 0 unspecified atom stereocenters. The highest BCUT2D eigenvalue weighted by Gasteiger charge is 2.39. The molecule has 198 valence electrons. The molecule has 4 N–H and O–H groups in total. The van der Waals surface area contributed by atoms with Gasteiger partial charge >= 0.3 is 0 Å². The maximum absolute atomic E-state index is 14.2. The monoisotopic (exact) mass is 514 g/mol. The fourth-order valence-corrected chi connectivity index (χ4v) is 5.76. The van der Waals surface area contributed by atoms with Crippen molar-refractivity contribution in [3.63, 3.8) is 0 Å². The van der Waals surface area contributed by atoms with Crippen LogP contribution in [-0.2, 0) is 0 Å². The summed E-state index contributed by atoms with van der Waals surface area (Å²) in [5, 5.41) is 52.3. The molecule has 2 saturated heterocycles. The Morgan fingerprint density at radius 1 is 0.757 bits per heavy atom. The molecule has 2 aliphatic heterocycles. The van der Waals surface area contributed by atoms with Gasteiger partial charge in [-0.25, -0.2) is 4.39 Å². The van der Waals surface area contributed by atoms with Crippen LogP contribution in [-0.4, -0.2) is 83.4 Å². The molecule has 0 radical (unpaired) electrons. The van der Waals surface area contributed by atoms with Crippen molar-refractivity contribution >= 4 is 22.9 Å². The molecule has 11 heteroatoms. The van der Waals surface area contributed by atoms with Gasteiger partial charge in [0.2, 0.25) is 11.6 Å². The van der Waals surface area contributed by atoms with Crippen molar-refractivity contribution < 1.29 is 33.5 Å². The third kappa shape index (κ3) is 4.63. The fraction of sp³-hybridized carbons (Fsp3) is 0.462. The molecule has 2 aromatic carbocycles. The highest BCUT2D eigenvalue weighted by molar-refractivity contribution is 6.33. The summed E-state index contributed by atoms with van der Waals surface area (Å²) in [6.07, 6.45) is 3.46. The molecule has 2 fully saturated rings. The molecule has 0 amide bonds. The molecular formula is C26H31FN4O6. The summed E-state index contributed by atoms with van der Waals surface area (Å²) in [7, 11) is 0. The number of hydrogen-bond acceptors (Lipinski definition) is 8. The number of nitrogens with one attached hydrogen (secondary N) is 2. The Kier molecular flexibility index (Phi) is 6.57. The SMILES string of the molecule is O=C1c2c(O)cc(F)c(O)c2C(=O)c2c(NCC[N+]3([O-])CCCC3)ccc(NCC[N+]3([O-])CCCC3)c21. The first-order valence-electron chi connectivity index (χ1n) is 12.8. The van der Waals surface area contributed by atoms with Crippen LogP contribution in [0, 0.1) is 16.2 Å². The number of anilines is 2. The molecule has 3 aliphatic rings. The number of ketones is 2. The van der Waals surface area contributed by atoms with Crippen molar-refractivity contribution in [3.05, 3.63) is 56.7 Å². The van der Waals surface area contributed by atoms with Crippen LogP contribution in [0.1, 0.15) is 57.5 Å². The number of likely N-dealkylation sites (tertiary alicyclic amines) is 2. The van der Waals surface area contributed by atoms with Gasteiger partial charge in [-0.2, -0.15) is 0 Å². The Labute approximate surface area is 213 Å². The van der Waals surface area contributed by atoms with E-state index in [1.54, 1.807) is 12.1 Å². The number of hydroxylamine groups is 6. The van der Waals surface area contributed by atoms with Gasteiger partial charge in [0.05, 0.1) is 74.6 Å². The van der Waals surface area contributed by atoms with Crippen molar-refractivity contribution in [2.75, 3.05) is 63.0 Å². The highest BCUT2D eigenvalue weighted by Crippen LogP contribution is 2.43. The zero-order chi connectivity index (χ0) is 26.4. The average Bonchev–Trinajstić information content (AvgIpc) is 3.49. The summed E-state index contributed by atoms with van der Waals surface area (Å²) in [5.74, 6) is -4.53. The Hall–Kier alpha value is -3.25. The number of rotatable bonds is 8. The normalized spacial score (nSPS) is 19.5. The van der Waals surface area contributed by atoms with Gasteiger partial charge in [0.1, 0.15) is 5.75 Å². The topological polar surface area (TPSA) is 145 Å². The number of aromatic hydroxyl groups is 2. The van der Waals surface area contributed by atoms with Crippen LogP contribution in [0.2, 0.25) is 0 Å². The van der Waals surface area contributed by atoms with Crippen molar-refractivity contribution in [3.8, 4) is 11.5 Å². The molecule has 0 bridgehead atoms. The number of hydrogen-bond donors (Lipinski definition) is 4. The van der Waals surface area contributed by atoms with Crippen LogP contribution in [0.3, 0.4) is 0 Å². The van der Waals surface area contributed by atoms with E-state index in [4.69, 9.17) is 0 Å². The van der Waals surface area contributed by atoms with E-state index >= 15 is 0 Å². The van der Waals surface area contributed by atoms with Crippen molar-refractivity contribution in [1.82, 2.24) is 0 Å². The first-order chi connectivity index (χ1) is 17.6. The molecular weight excluding hydrogens is 483 g/mol. The lowest BCUT2D eigenvalue weighted by atomic mass is 9.81. The van der Waals surface area contributed by atoms with Crippen molar-refractivity contribution in [2.24, 2.45) is 0 Å². The van der Waals surface area contributed by atoms with E-state index in [0.717, 1.165) is 25.7 Å². The third-order valence-electron chi connectivity index (χ3n) is 7.78. The van der Waals surface area contributed by atoms with Gasteiger partial charge in [0.25, 0.3) is 0 Å². The molecule has 0 aromatic heterocycles. The van der Waals surface area contributed by atoms with E-state index in [2.05, 4.69) is 10.6 Å². The van der Waals surface area contributed by atoms with Gasteiger partial charge in [-0.1, -0.05) is 0 Å². The molecule has 2 heterocycles. The number of phenols is 2. The lowest BCUT2D eigenvalue weighted by molar-refractivity contribution is -0.866. The van der Waals surface area contributed by atoms with Crippen LogP contribution in [0.25, 0.3) is 0 Å². The van der Waals surface area contributed by atoms with E-state index in [0.29, 0.717) is 37.9 Å². The Morgan fingerprint density at radius 3 is 1.65 bits per heavy atom. The second kappa shape index (κ2) is 9.56. The van der Waals surface area contributed by atoms with Gasteiger partial charge in [-0.15, -0.1) is 0 Å². The maximum Gasteiger partial charge on any atom is 0.200 e. The molecule has 1 aliphatic carbocycles. The Balaban J connectivity index is 1.49. The number of phenolic OH excluding ortho intramolecular Hbond substituents is 2. The molecule has 0 saturated carbocycles. The number of nitrogens with zero attached hydrogens (tertiary/aromatic N) is 2. The second-order valence-electron chi connectivity index (χ2n) is 10.3. The standard InChI is InChI=1S/C26H31FN4O6/c27-16-15-19(32)22-23(24(16)33)26(35)21-18(29-8-14-31(37)11-3-4-12-31)6-5-17(20(21)25(22)34)28-7-13-30(36)9-1-2-10-30/h5-6,15,28-29,32-33H,1-4,7-14H2. The van der Waals surface area contributed by atoms with Crippen LogP contribution < -0.4 is 10.6 Å². The number of benzene rings is 2. The smallest absolute Gasteiger partial charge is 0.200 e. The van der Waals surface area contributed by atoms with E-state index in [1.807, 2.05) is 0 Å². The first kappa shape index (κ1) is 25.4. The summed E-state index contributed by atoms with van der Waals surface area (Å²) in [5.41, 5.74) is -0.604. The summed E-state index contributed by atoms with van der Waals surface area (Å²) in [4.78, 5) is 27.2. The zero-order valence-electron chi connectivity index (χ0n) is 20.5. The number of fused-ring (bicyclic) bond motifs is 2. The maximum atomic E-state index is 14.2. The summed E-state index contributed by atoms with van der Waals surface area (Å²) in [6.45, 7) is 3.18. The molecule has 37 heavy (non-hydrogen) atoms. The van der Waals surface area contributed by atoms with Gasteiger partial charge in [-0.05, 0) is 12.1 Å². The summed E-state index contributed by atoms with van der Waals surface area (Å²) >= 11 is 0. The minimum atomic E-state index is -1.22. The van der Waals surface area contributed by atoms with E-state index < -0.39 is 40.0 Å². The molecule has 0 atom stereocenters. The minimum Gasteiger partial charge on any atom is -0.633 e. The molecule has 5 rings (SSSR count). The summed E-state index contributed by atoms with van der Waals surface area (Å²) in [6, 6.07) is 3.80. The first-order valence-corrected chi connectivity index (χ1v) is 12.8. The quantitative estimate of drug-likeness (QED) is 0.204. The van der Waals surface area contributed by atoms with Gasteiger partial charge in [0, 0.05) is 43.1 Å². The van der Waals surface area contributed by atoms with Crippen molar-refractivity contribution in [1.29, 1.82) is 0 Å². The zero-order valence-corrected chi connectivity index (χ0v) is 20.5. The largest absolute Gasteiger partial charge is 0.633 e. The Morgan fingerprint density at radius 2 is 1.19 bits per heavy atom. The lowest BCUT2D eigenvalue weighted by Crippen LogP contribution is -2.42. The van der Waals surface area contributed by atoms with E-state index in [1.165, 1.54) is 0 Å². The predicted molar refractivity (Wildman–Crippen MR) is 135 cm³/mol. The minimum absolute atomic E-state index is 0.0325. The molecule has 0 spiro atoms. The van der Waals surface area contributed by atoms with Gasteiger partial charge < -0.3 is 40.6 Å². The number of carbonyl (C=O) groups is 2. The summed E-state index contributed by atoms with van der Waals surface area (Å²) < 4.78 is 13.6. The number of carbonyl (C=O) groups excluding carboxylic acids is 2. The Bertz CT molecular complexity index is 1250. The van der Waals surface area contributed by atoms with Crippen LogP contribution in [0.5, 0.6) is 11.5 Å². The van der Waals surface area contributed by atoms with Crippen LogP contribution in [0.15, 0.2) is 18.2 Å². The third-order valence-corrected chi connectivity index (χ3v) is 7.78. The molecule has 10 nitrogen and oxygen atoms in total. The van der Waals surface area contributed by atoms with Crippen LogP contribution >= 0.6 is 0 Å². The molecule has 2 aromatic rings. The second-order valence-corrected chi connectivity index (χ2v) is 10.3. The van der Waals surface area contributed by atoms with E-state index in [-0.39, 0.29) is 52.3 Å². The highest BCUT2D eigenvalue weighted by atomic mass is 19.1. The lowest BCUT2D eigenvalue weighted by Gasteiger charge is -2.38. The fourth-order valence-electron chi connectivity index (χ4n) is 5.76. The number of quaternary nitrogens is 2. The predicted octanol–water partition coefficient (Wildman–Crippen LogP) is 3.05.